The van der Waals surface area contributed by atoms with E-state index in [0.29, 0.717) is 4.90 Å². The summed E-state index contributed by atoms with van der Waals surface area (Å²) in [5, 5.41) is 13.0. The highest BCUT2D eigenvalue weighted by Gasteiger charge is 2.48. The van der Waals surface area contributed by atoms with Crippen molar-refractivity contribution < 1.29 is 29.1 Å². The summed E-state index contributed by atoms with van der Waals surface area (Å²) >= 11 is 0. The minimum Gasteiger partial charge on any atom is -0.482 e. The van der Waals surface area contributed by atoms with Crippen molar-refractivity contribution in [3.63, 3.8) is 0 Å². The molecule has 2 aliphatic rings. The molecule has 0 saturated carbocycles. The molecule has 0 aliphatic carbocycles. The van der Waals surface area contributed by atoms with Gasteiger partial charge in [-0.2, -0.15) is 0 Å². The highest BCUT2D eigenvalue weighted by molar-refractivity contribution is 6.22. The van der Waals surface area contributed by atoms with Crippen LogP contribution in [0, 0.1) is 0 Å². The van der Waals surface area contributed by atoms with E-state index in [0.717, 1.165) is 0 Å². The lowest BCUT2D eigenvalue weighted by molar-refractivity contribution is -0.146. The molecular formula is C14H12N2O6. The smallest absolute Gasteiger partial charge is 0.330 e. The first-order valence-electron chi connectivity index (χ1n) is 6.51. The van der Waals surface area contributed by atoms with Crippen molar-refractivity contribution in [2.24, 2.45) is 5.16 Å². The molecule has 22 heavy (non-hydrogen) atoms. The lowest BCUT2D eigenvalue weighted by atomic mass is 10.1. The molecule has 0 bridgehead atoms. The fourth-order valence-electron chi connectivity index (χ4n) is 2.56. The number of amides is 2. The maximum Gasteiger partial charge on any atom is 0.330 e. The van der Waals surface area contributed by atoms with Crippen LogP contribution in [0.1, 0.15) is 27.1 Å². The summed E-state index contributed by atoms with van der Waals surface area (Å²) < 4.78 is 4.89. The average Bonchev–Trinajstić information content (AvgIpc) is 3.07. The summed E-state index contributed by atoms with van der Waals surface area (Å²) in [5.74, 6) is -2.43. The van der Waals surface area contributed by atoms with Crippen LogP contribution in [0.25, 0.3) is 0 Å². The molecule has 2 aliphatic heterocycles. The number of imide groups is 1. The van der Waals surface area contributed by atoms with Crippen molar-refractivity contribution in [1.29, 1.82) is 0 Å². The number of oxime groups is 1. The Morgan fingerprint density at radius 1 is 1.36 bits per heavy atom. The maximum absolute atomic E-state index is 12.4. The number of carbonyl (C=O) groups excluding carboxylic acids is 2. The van der Waals surface area contributed by atoms with Crippen LogP contribution in [0.5, 0.6) is 0 Å². The average molecular weight is 304 g/mol. The van der Waals surface area contributed by atoms with Crippen molar-refractivity contribution in [2.75, 3.05) is 7.11 Å². The molecule has 2 amide bonds. The second kappa shape index (κ2) is 5.14. The Kier molecular flexibility index (Phi) is 3.28. The van der Waals surface area contributed by atoms with Gasteiger partial charge in [-0.05, 0) is 12.1 Å². The number of hydrogen-bond donors (Lipinski definition) is 1. The van der Waals surface area contributed by atoms with Crippen LogP contribution >= 0.6 is 0 Å². The Balaban J connectivity index is 1.93. The van der Waals surface area contributed by atoms with Gasteiger partial charge in [-0.25, -0.2) is 4.79 Å². The predicted octanol–water partition coefficient (Wildman–Crippen LogP) is 0.485. The molecule has 8 nitrogen and oxygen atoms in total. The van der Waals surface area contributed by atoms with Crippen molar-refractivity contribution in [2.45, 2.75) is 18.6 Å². The van der Waals surface area contributed by atoms with E-state index in [4.69, 9.17) is 9.57 Å². The number of carboxylic acids is 1. The number of carbonyl (C=O) groups is 3. The molecule has 8 heteroatoms. The highest BCUT2D eigenvalue weighted by Crippen LogP contribution is 2.28. The molecule has 0 radical (unpaired) electrons. The summed E-state index contributed by atoms with van der Waals surface area (Å²) in [5.41, 5.74) is 0.370. The third-order valence-corrected chi connectivity index (χ3v) is 3.61. The van der Waals surface area contributed by atoms with Gasteiger partial charge in [-0.3, -0.25) is 14.5 Å². The van der Waals surface area contributed by atoms with Gasteiger partial charge >= 0.3 is 5.97 Å². The van der Waals surface area contributed by atoms with Gasteiger partial charge in [0.25, 0.3) is 11.8 Å². The zero-order valence-corrected chi connectivity index (χ0v) is 11.6. The van der Waals surface area contributed by atoms with Gasteiger partial charge < -0.3 is 14.7 Å². The molecule has 1 N–H and O–H groups in total. The van der Waals surface area contributed by atoms with E-state index in [9.17, 15) is 19.5 Å². The van der Waals surface area contributed by atoms with E-state index >= 15 is 0 Å². The van der Waals surface area contributed by atoms with Crippen LogP contribution in [0.4, 0.5) is 0 Å². The second-order valence-corrected chi connectivity index (χ2v) is 4.85. The number of hydrogen-bond acceptors (Lipinski definition) is 6. The fourth-order valence-corrected chi connectivity index (χ4v) is 2.56. The third kappa shape index (κ3) is 2.00. The van der Waals surface area contributed by atoms with E-state index in [1.807, 2.05) is 0 Å². The quantitative estimate of drug-likeness (QED) is 0.814. The highest BCUT2D eigenvalue weighted by atomic mass is 16.7. The molecule has 0 saturated heterocycles. The third-order valence-electron chi connectivity index (χ3n) is 3.61. The van der Waals surface area contributed by atoms with E-state index in [-0.39, 0.29) is 23.4 Å². The van der Waals surface area contributed by atoms with Gasteiger partial charge in [0.1, 0.15) is 0 Å². The first kappa shape index (κ1) is 14.1. The molecule has 0 spiro atoms. The van der Waals surface area contributed by atoms with Gasteiger partial charge in [-0.1, -0.05) is 17.3 Å². The van der Waals surface area contributed by atoms with Crippen LogP contribution in [0.2, 0.25) is 0 Å². The lowest BCUT2D eigenvalue weighted by Crippen LogP contribution is -2.51. The molecule has 0 aromatic heterocycles. The molecule has 3 rings (SSSR count). The molecule has 1 aromatic rings. The number of benzene rings is 1. The minimum atomic E-state index is -1.47. The Morgan fingerprint density at radius 3 is 2.41 bits per heavy atom. The molecular weight excluding hydrogens is 292 g/mol. The van der Waals surface area contributed by atoms with Gasteiger partial charge in [0.05, 0.1) is 24.7 Å². The van der Waals surface area contributed by atoms with Crippen LogP contribution in [0.15, 0.2) is 29.4 Å². The zero-order chi connectivity index (χ0) is 15.9. The topological polar surface area (TPSA) is 106 Å². The molecule has 2 unspecified atom stereocenters. The number of fused-ring (bicyclic) bond motifs is 1. The maximum atomic E-state index is 12.4. The van der Waals surface area contributed by atoms with Gasteiger partial charge in [0.2, 0.25) is 5.90 Å². The molecule has 1 aromatic carbocycles. The van der Waals surface area contributed by atoms with Gasteiger partial charge in [0.15, 0.2) is 12.1 Å². The summed E-state index contributed by atoms with van der Waals surface area (Å²) in [6, 6.07) is 4.73. The predicted molar refractivity (Wildman–Crippen MR) is 72.3 cm³/mol. The fraction of sp³-hybridized carbons (Fsp3) is 0.286. The summed E-state index contributed by atoms with van der Waals surface area (Å²) in [7, 11) is 1.38. The van der Waals surface area contributed by atoms with Crippen molar-refractivity contribution in [1.82, 2.24) is 4.90 Å². The monoisotopic (exact) mass is 304 g/mol. The van der Waals surface area contributed by atoms with E-state index in [1.54, 1.807) is 12.1 Å². The Labute approximate surface area is 124 Å². The first-order chi connectivity index (χ1) is 10.5. The van der Waals surface area contributed by atoms with Crippen LogP contribution in [0.3, 0.4) is 0 Å². The number of ether oxygens (including phenoxy) is 1. The molecule has 114 valence electrons. The number of carboxylic acid groups (broad SMARTS) is 1. The Bertz CT molecular complexity index is 663. The van der Waals surface area contributed by atoms with Crippen LogP contribution < -0.4 is 0 Å². The van der Waals surface area contributed by atoms with Crippen molar-refractivity contribution in [3.05, 3.63) is 35.4 Å². The van der Waals surface area contributed by atoms with Crippen molar-refractivity contribution >= 4 is 23.7 Å². The number of aliphatic carboxylic acids is 1. The Morgan fingerprint density at radius 2 is 1.95 bits per heavy atom. The number of nitrogens with zero attached hydrogens (tertiary/aromatic N) is 2. The number of rotatable bonds is 3. The van der Waals surface area contributed by atoms with Gasteiger partial charge in [0, 0.05) is 0 Å². The first-order valence-corrected chi connectivity index (χ1v) is 6.51. The zero-order valence-electron chi connectivity index (χ0n) is 11.6. The molecule has 2 atom stereocenters. The summed E-state index contributed by atoms with van der Waals surface area (Å²) in [6.45, 7) is 0. The van der Waals surface area contributed by atoms with Gasteiger partial charge in [-0.15, -0.1) is 0 Å². The second-order valence-electron chi connectivity index (χ2n) is 4.85. The van der Waals surface area contributed by atoms with E-state index < -0.39 is 29.9 Å². The normalized spacial score (nSPS) is 21.2. The summed E-state index contributed by atoms with van der Waals surface area (Å²) in [6.07, 6.45) is -0.907. The van der Waals surface area contributed by atoms with Crippen molar-refractivity contribution in [3.8, 4) is 0 Å². The van der Waals surface area contributed by atoms with Crippen LogP contribution in [-0.4, -0.2) is 52.9 Å². The largest absolute Gasteiger partial charge is 0.482 e. The van der Waals surface area contributed by atoms with E-state index in [2.05, 4.69) is 5.16 Å². The van der Waals surface area contributed by atoms with Crippen LogP contribution in [-0.2, 0) is 14.4 Å². The lowest BCUT2D eigenvalue weighted by Gasteiger charge is -2.25. The summed E-state index contributed by atoms with van der Waals surface area (Å²) in [4.78, 5) is 42.1. The molecule has 0 fully saturated rings. The number of methoxy groups -OCH3 is 1. The minimum absolute atomic E-state index is 0.0703. The van der Waals surface area contributed by atoms with E-state index in [1.165, 1.54) is 19.2 Å². The molecule has 2 heterocycles. The Hall–Kier alpha value is -2.90. The standard InChI is InChI=1S/C14H12N2O6/c1-21-10-6-9(22-15-10)11(14(19)20)16-12(17)7-4-2-3-5-8(7)13(16)18/h2-5,9,11H,6H2,1H3,(H,19,20). The SMILES string of the molecule is COC1=NOC(C(C(=O)O)N2C(=O)c3ccccc3C2=O)C1.